The van der Waals surface area contributed by atoms with Crippen molar-refractivity contribution in [3.8, 4) is 0 Å². The summed E-state index contributed by atoms with van der Waals surface area (Å²) in [7, 11) is 0. The molecule has 1 aromatic carbocycles. The first-order valence-corrected chi connectivity index (χ1v) is 6.73. The van der Waals surface area contributed by atoms with Crippen molar-refractivity contribution in [1.29, 1.82) is 0 Å². The van der Waals surface area contributed by atoms with E-state index in [9.17, 15) is 9.59 Å². The summed E-state index contributed by atoms with van der Waals surface area (Å²) < 4.78 is 5.29. The summed E-state index contributed by atoms with van der Waals surface area (Å²) in [5.41, 5.74) is 0.984. The fraction of sp³-hybridized carbons (Fsp3) is 0.467. The lowest BCUT2D eigenvalue weighted by atomic mass is 10.1. The van der Waals surface area contributed by atoms with Crippen LogP contribution in [0.1, 0.15) is 31.2 Å². The van der Waals surface area contributed by atoms with Crippen molar-refractivity contribution in [1.82, 2.24) is 4.90 Å². The molecule has 1 heterocycles. The fourth-order valence-electron chi connectivity index (χ4n) is 2.16. The van der Waals surface area contributed by atoms with E-state index >= 15 is 0 Å². The molecule has 0 bridgehead atoms. The molecule has 4 heteroatoms. The first kappa shape index (κ1) is 13.6. The molecule has 1 aliphatic rings. The van der Waals surface area contributed by atoms with Crippen LogP contribution in [0.15, 0.2) is 30.3 Å². The number of ketones is 1. The van der Waals surface area contributed by atoms with E-state index in [4.69, 9.17) is 4.74 Å². The van der Waals surface area contributed by atoms with Crippen LogP contribution in [0.2, 0.25) is 0 Å². The second kappa shape index (κ2) is 6.92. The minimum atomic E-state index is -0.279. The van der Waals surface area contributed by atoms with Crippen LogP contribution in [-0.2, 0) is 16.1 Å². The lowest BCUT2D eigenvalue weighted by molar-refractivity contribution is -0.119. The van der Waals surface area contributed by atoms with Crippen LogP contribution in [0.5, 0.6) is 0 Å². The number of Topliss-reactive ketones (excluding diaryl/α,β-unsaturated/α-hetero) is 1. The molecular weight excluding hydrogens is 242 g/mol. The zero-order chi connectivity index (χ0) is 13.5. The molecule has 0 saturated carbocycles. The summed E-state index contributed by atoms with van der Waals surface area (Å²) >= 11 is 0. The van der Waals surface area contributed by atoms with Gasteiger partial charge in [0.1, 0.15) is 12.4 Å². The van der Waals surface area contributed by atoms with Gasteiger partial charge in [0.2, 0.25) is 0 Å². The smallest absolute Gasteiger partial charge is 0.410 e. The van der Waals surface area contributed by atoms with Crippen molar-refractivity contribution in [3.63, 3.8) is 0 Å². The van der Waals surface area contributed by atoms with Crippen molar-refractivity contribution >= 4 is 11.9 Å². The molecule has 2 rings (SSSR count). The van der Waals surface area contributed by atoms with E-state index in [0.717, 1.165) is 18.4 Å². The van der Waals surface area contributed by atoms with E-state index in [1.807, 2.05) is 30.3 Å². The van der Waals surface area contributed by atoms with E-state index in [-0.39, 0.29) is 6.09 Å². The van der Waals surface area contributed by atoms with Crippen LogP contribution in [0.25, 0.3) is 0 Å². The minimum absolute atomic E-state index is 0.279. The van der Waals surface area contributed by atoms with Gasteiger partial charge in [-0.25, -0.2) is 4.79 Å². The Bertz CT molecular complexity index is 418. The molecule has 1 amide bonds. The average Bonchev–Trinajstić information content (AvgIpc) is 2.41. The number of carbonyl (C=O) groups is 2. The van der Waals surface area contributed by atoms with Gasteiger partial charge in [0.25, 0.3) is 0 Å². The number of carbonyl (C=O) groups excluding carboxylic acids is 2. The lowest BCUT2D eigenvalue weighted by Crippen LogP contribution is -2.35. The topological polar surface area (TPSA) is 46.6 Å². The highest BCUT2D eigenvalue weighted by molar-refractivity contribution is 5.78. The van der Waals surface area contributed by atoms with Crippen LogP contribution in [0, 0.1) is 0 Å². The lowest BCUT2D eigenvalue weighted by Gasteiger charge is -2.23. The van der Waals surface area contributed by atoms with Crippen molar-refractivity contribution in [2.75, 3.05) is 13.1 Å². The fourth-order valence-corrected chi connectivity index (χ4v) is 2.16. The summed E-state index contributed by atoms with van der Waals surface area (Å²) in [4.78, 5) is 24.9. The van der Waals surface area contributed by atoms with Gasteiger partial charge in [-0.15, -0.1) is 0 Å². The van der Waals surface area contributed by atoms with Crippen molar-refractivity contribution in [2.24, 2.45) is 0 Å². The number of hydrogen-bond acceptors (Lipinski definition) is 3. The predicted octanol–water partition coefficient (Wildman–Crippen LogP) is 2.77. The first-order chi connectivity index (χ1) is 9.25. The van der Waals surface area contributed by atoms with Gasteiger partial charge < -0.3 is 9.64 Å². The Labute approximate surface area is 113 Å². The molecule has 1 aromatic rings. The second-order valence-corrected chi connectivity index (χ2v) is 4.77. The minimum Gasteiger partial charge on any atom is -0.445 e. The Hall–Kier alpha value is -1.84. The molecule has 0 spiro atoms. The van der Waals surface area contributed by atoms with Gasteiger partial charge in [0, 0.05) is 25.9 Å². The summed E-state index contributed by atoms with van der Waals surface area (Å²) in [6, 6.07) is 9.63. The molecule has 19 heavy (non-hydrogen) atoms. The van der Waals surface area contributed by atoms with Gasteiger partial charge in [-0.3, -0.25) is 4.79 Å². The molecule has 0 unspecified atom stereocenters. The Kier molecular flexibility index (Phi) is 4.95. The molecule has 0 N–H and O–H groups in total. The molecule has 0 aromatic heterocycles. The van der Waals surface area contributed by atoms with Gasteiger partial charge in [0.15, 0.2) is 0 Å². The van der Waals surface area contributed by atoms with Crippen LogP contribution in [-0.4, -0.2) is 29.9 Å². The number of nitrogens with zero attached hydrogens (tertiary/aromatic N) is 1. The molecular formula is C15H19NO3. The van der Waals surface area contributed by atoms with Crippen molar-refractivity contribution in [2.45, 2.75) is 32.3 Å². The van der Waals surface area contributed by atoms with E-state index in [1.54, 1.807) is 4.90 Å². The third-order valence-corrected chi connectivity index (χ3v) is 3.23. The van der Waals surface area contributed by atoms with Gasteiger partial charge in [-0.2, -0.15) is 0 Å². The zero-order valence-electron chi connectivity index (χ0n) is 11.0. The number of rotatable bonds is 2. The number of ether oxygens (including phenoxy) is 1. The Morgan fingerprint density at radius 2 is 1.74 bits per heavy atom. The number of likely N-dealkylation sites (tertiary alicyclic amines) is 1. The molecule has 1 fully saturated rings. The summed E-state index contributed by atoms with van der Waals surface area (Å²) in [5, 5.41) is 0. The SMILES string of the molecule is O=C1CCCN(C(=O)OCc2ccccc2)CCC1. The molecule has 1 saturated heterocycles. The molecule has 0 aliphatic carbocycles. The van der Waals surface area contributed by atoms with Gasteiger partial charge in [-0.05, 0) is 18.4 Å². The highest BCUT2D eigenvalue weighted by Crippen LogP contribution is 2.10. The van der Waals surface area contributed by atoms with Gasteiger partial charge in [0.05, 0.1) is 0 Å². The highest BCUT2D eigenvalue weighted by atomic mass is 16.6. The van der Waals surface area contributed by atoms with Gasteiger partial charge >= 0.3 is 6.09 Å². The number of amides is 1. The van der Waals surface area contributed by atoms with Crippen molar-refractivity contribution < 1.29 is 14.3 Å². The Morgan fingerprint density at radius 3 is 2.37 bits per heavy atom. The van der Waals surface area contributed by atoms with E-state index in [0.29, 0.717) is 38.3 Å². The average molecular weight is 261 g/mol. The predicted molar refractivity (Wildman–Crippen MR) is 71.7 cm³/mol. The second-order valence-electron chi connectivity index (χ2n) is 4.77. The third-order valence-electron chi connectivity index (χ3n) is 3.23. The molecule has 102 valence electrons. The number of benzene rings is 1. The van der Waals surface area contributed by atoms with E-state index in [1.165, 1.54) is 0 Å². The third kappa shape index (κ3) is 4.39. The first-order valence-electron chi connectivity index (χ1n) is 6.73. The Balaban J connectivity index is 1.80. The summed E-state index contributed by atoms with van der Waals surface area (Å²) in [5.74, 6) is 0.303. The van der Waals surface area contributed by atoms with Crippen molar-refractivity contribution in [3.05, 3.63) is 35.9 Å². The zero-order valence-corrected chi connectivity index (χ0v) is 11.0. The summed E-state index contributed by atoms with van der Waals surface area (Å²) in [6.45, 7) is 1.52. The van der Waals surface area contributed by atoms with Crippen LogP contribution < -0.4 is 0 Å². The van der Waals surface area contributed by atoms with Crippen LogP contribution in [0.3, 0.4) is 0 Å². The maximum Gasteiger partial charge on any atom is 0.410 e. The maximum atomic E-state index is 11.9. The normalized spacial score (nSPS) is 16.6. The highest BCUT2D eigenvalue weighted by Gasteiger charge is 2.18. The van der Waals surface area contributed by atoms with Gasteiger partial charge in [-0.1, -0.05) is 30.3 Å². The maximum absolute atomic E-state index is 11.9. The molecule has 0 atom stereocenters. The standard InChI is InChI=1S/C15H19NO3/c17-14-8-4-10-16(11-5-9-14)15(18)19-12-13-6-2-1-3-7-13/h1-3,6-7H,4-5,8-12H2. The van der Waals surface area contributed by atoms with Crippen LogP contribution in [0.4, 0.5) is 4.79 Å². The summed E-state index contributed by atoms with van der Waals surface area (Å²) in [6.07, 6.45) is 2.34. The van der Waals surface area contributed by atoms with Crippen LogP contribution >= 0.6 is 0 Å². The molecule has 0 radical (unpaired) electrons. The number of hydrogen-bond donors (Lipinski definition) is 0. The largest absolute Gasteiger partial charge is 0.445 e. The molecule has 4 nitrogen and oxygen atoms in total. The monoisotopic (exact) mass is 261 g/mol. The van der Waals surface area contributed by atoms with E-state index < -0.39 is 0 Å². The molecule has 1 aliphatic heterocycles. The quantitative estimate of drug-likeness (QED) is 0.822. The Morgan fingerprint density at radius 1 is 1.11 bits per heavy atom. The van der Waals surface area contributed by atoms with E-state index in [2.05, 4.69) is 0 Å².